The summed E-state index contributed by atoms with van der Waals surface area (Å²) in [4.78, 5) is 29.7. The molecule has 0 aromatic heterocycles. The molecule has 0 aliphatic rings. The molecule has 1 N–H and O–H groups in total. The molecule has 0 bridgehead atoms. The minimum absolute atomic E-state index is 0.0258. The van der Waals surface area contributed by atoms with E-state index in [-0.39, 0.29) is 29.8 Å². The number of sulfonamides is 1. The number of hydrogen-bond donors (Lipinski definition) is 1. The Balaban J connectivity index is 1.80. The second-order valence-corrected chi connectivity index (χ2v) is 13.1. The van der Waals surface area contributed by atoms with Crippen LogP contribution < -0.4 is 14.4 Å². The number of methoxy groups -OCH3 is 1. The van der Waals surface area contributed by atoms with Gasteiger partial charge in [-0.15, -0.1) is 0 Å². The lowest BCUT2D eigenvalue weighted by Gasteiger charge is -2.34. The normalized spacial score (nSPS) is 12.5. The first-order valence-electron chi connectivity index (χ1n) is 15.1. The standard InChI is InChI=1S/C36H40FN3O5S/c1-5-27(3)38-36(42)34(23-28-9-7-6-8-10-28)39(24-29-13-15-30(37)16-14-29)35(41)25-40(31-17-11-26(2)12-18-31)46(43,44)33-21-19-32(45-4)20-22-33/h6-22,27,34H,5,23-25H2,1-4H3,(H,38,42)/t27-,34+/m1/s1. The molecule has 4 rings (SSSR count). The second kappa shape index (κ2) is 15.5. The molecular weight excluding hydrogens is 605 g/mol. The first-order valence-corrected chi connectivity index (χ1v) is 16.6. The number of halogens is 1. The molecule has 46 heavy (non-hydrogen) atoms. The van der Waals surface area contributed by atoms with Gasteiger partial charge in [-0.1, -0.05) is 67.1 Å². The molecule has 0 unspecified atom stereocenters. The molecule has 0 aliphatic heterocycles. The lowest BCUT2D eigenvalue weighted by molar-refractivity contribution is -0.140. The third-order valence-electron chi connectivity index (χ3n) is 7.79. The number of nitrogens with zero attached hydrogens (tertiary/aromatic N) is 2. The van der Waals surface area contributed by atoms with E-state index in [9.17, 15) is 22.4 Å². The van der Waals surface area contributed by atoms with E-state index in [0.29, 0.717) is 23.4 Å². The highest BCUT2D eigenvalue weighted by molar-refractivity contribution is 7.92. The van der Waals surface area contributed by atoms with E-state index < -0.39 is 34.3 Å². The van der Waals surface area contributed by atoms with Crippen molar-refractivity contribution in [1.29, 1.82) is 0 Å². The fourth-order valence-corrected chi connectivity index (χ4v) is 6.31. The van der Waals surface area contributed by atoms with Gasteiger partial charge in [-0.3, -0.25) is 13.9 Å². The Bertz CT molecular complexity index is 1700. The molecule has 0 spiro atoms. The predicted octanol–water partition coefficient (Wildman–Crippen LogP) is 5.89. The smallest absolute Gasteiger partial charge is 0.264 e. The Labute approximate surface area is 270 Å². The van der Waals surface area contributed by atoms with E-state index in [1.807, 2.05) is 51.1 Å². The van der Waals surface area contributed by atoms with Crippen molar-refractivity contribution in [2.24, 2.45) is 0 Å². The number of aryl methyl sites for hydroxylation is 1. The molecule has 0 aliphatic carbocycles. The van der Waals surface area contributed by atoms with Gasteiger partial charge < -0.3 is 15.0 Å². The third-order valence-corrected chi connectivity index (χ3v) is 9.57. The van der Waals surface area contributed by atoms with Crippen LogP contribution in [0.4, 0.5) is 10.1 Å². The van der Waals surface area contributed by atoms with E-state index in [4.69, 9.17) is 4.74 Å². The topological polar surface area (TPSA) is 96.0 Å². The number of amides is 2. The van der Waals surface area contributed by atoms with Crippen LogP contribution in [0.25, 0.3) is 0 Å². The van der Waals surface area contributed by atoms with Crippen molar-refractivity contribution in [2.45, 2.75) is 57.1 Å². The van der Waals surface area contributed by atoms with Gasteiger partial charge in [0.05, 0.1) is 17.7 Å². The molecule has 0 fully saturated rings. The number of ether oxygens (including phenoxy) is 1. The summed E-state index contributed by atoms with van der Waals surface area (Å²) in [6, 6.07) is 26.6. The molecule has 4 aromatic carbocycles. The lowest BCUT2D eigenvalue weighted by Crippen LogP contribution is -2.54. The van der Waals surface area contributed by atoms with Crippen LogP contribution in [-0.4, -0.2) is 50.9 Å². The van der Waals surface area contributed by atoms with Crippen LogP contribution in [0.15, 0.2) is 108 Å². The summed E-state index contributed by atoms with van der Waals surface area (Å²) in [6.45, 7) is 5.08. The molecule has 2 atom stereocenters. The molecule has 2 amide bonds. The Morgan fingerprint density at radius 2 is 1.50 bits per heavy atom. The fourth-order valence-electron chi connectivity index (χ4n) is 4.90. The highest BCUT2D eigenvalue weighted by Crippen LogP contribution is 2.27. The molecular formula is C36H40FN3O5S. The largest absolute Gasteiger partial charge is 0.497 e. The second-order valence-electron chi connectivity index (χ2n) is 11.2. The quantitative estimate of drug-likeness (QED) is 0.185. The first kappa shape index (κ1) is 34.2. The van der Waals surface area contributed by atoms with Crippen LogP contribution in [0, 0.1) is 12.7 Å². The molecule has 4 aromatic rings. The zero-order valence-electron chi connectivity index (χ0n) is 26.5. The van der Waals surface area contributed by atoms with Gasteiger partial charge in [-0.05, 0) is 79.9 Å². The minimum atomic E-state index is -4.25. The number of benzene rings is 4. The number of carbonyl (C=O) groups excluding carboxylic acids is 2. The number of carbonyl (C=O) groups is 2. The van der Waals surface area contributed by atoms with Crippen LogP contribution >= 0.6 is 0 Å². The summed E-state index contributed by atoms with van der Waals surface area (Å²) < 4.78 is 48.4. The summed E-state index contributed by atoms with van der Waals surface area (Å²) in [5.41, 5.74) is 2.62. The summed E-state index contributed by atoms with van der Waals surface area (Å²) in [7, 11) is -2.76. The number of hydrogen-bond acceptors (Lipinski definition) is 5. The number of anilines is 1. The van der Waals surface area contributed by atoms with E-state index in [1.165, 1.54) is 48.4 Å². The van der Waals surface area contributed by atoms with Crippen molar-refractivity contribution < 1.29 is 27.1 Å². The summed E-state index contributed by atoms with van der Waals surface area (Å²) >= 11 is 0. The van der Waals surface area contributed by atoms with Gasteiger partial charge in [-0.2, -0.15) is 0 Å². The van der Waals surface area contributed by atoms with Gasteiger partial charge >= 0.3 is 0 Å². The first-order chi connectivity index (χ1) is 22.0. The third kappa shape index (κ3) is 8.72. The maximum atomic E-state index is 14.5. The number of rotatable bonds is 14. The van der Waals surface area contributed by atoms with Crippen LogP contribution in [-0.2, 0) is 32.6 Å². The lowest BCUT2D eigenvalue weighted by atomic mass is 10.0. The Morgan fingerprint density at radius 3 is 2.09 bits per heavy atom. The van der Waals surface area contributed by atoms with Gasteiger partial charge in [0.2, 0.25) is 11.8 Å². The Morgan fingerprint density at radius 1 is 0.870 bits per heavy atom. The molecule has 10 heteroatoms. The van der Waals surface area contributed by atoms with Gasteiger partial charge in [0.1, 0.15) is 24.2 Å². The zero-order valence-corrected chi connectivity index (χ0v) is 27.3. The van der Waals surface area contributed by atoms with E-state index >= 15 is 0 Å². The molecule has 0 saturated carbocycles. The van der Waals surface area contributed by atoms with E-state index in [2.05, 4.69) is 5.32 Å². The van der Waals surface area contributed by atoms with Crippen molar-refractivity contribution in [3.8, 4) is 5.75 Å². The Kier molecular flexibility index (Phi) is 11.5. The molecule has 0 saturated heterocycles. The van der Waals surface area contributed by atoms with Crippen molar-refractivity contribution in [1.82, 2.24) is 10.2 Å². The van der Waals surface area contributed by atoms with Crippen molar-refractivity contribution in [2.75, 3.05) is 18.0 Å². The van der Waals surface area contributed by atoms with Crippen LogP contribution in [0.2, 0.25) is 0 Å². The van der Waals surface area contributed by atoms with Crippen molar-refractivity contribution in [3.05, 3.63) is 126 Å². The summed E-state index contributed by atoms with van der Waals surface area (Å²) in [5.74, 6) is -0.914. The van der Waals surface area contributed by atoms with Gasteiger partial charge in [0.15, 0.2) is 0 Å². The van der Waals surface area contributed by atoms with Crippen LogP contribution in [0.5, 0.6) is 5.75 Å². The molecule has 0 heterocycles. The SMILES string of the molecule is CC[C@@H](C)NC(=O)[C@H](Cc1ccccc1)N(Cc1ccc(F)cc1)C(=O)CN(c1ccc(C)cc1)S(=O)(=O)c1ccc(OC)cc1. The zero-order chi connectivity index (χ0) is 33.3. The van der Waals surface area contributed by atoms with E-state index in [1.54, 1.807) is 36.4 Å². The molecule has 8 nitrogen and oxygen atoms in total. The Hall–Kier alpha value is -4.70. The van der Waals surface area contributed by atoms with Gasteiger partial charge in [0, 0.05) is 19.0 Å². The number of nitrogens with one attached hydrogen (secondary N) is 1. The average Bonchev–Trinajstić information content (AvgIpc) is 3.06. The van der Waals surface area contributed by atoms with Crippen LogP contribution in [0.1, 0.15) is 37.0 Å². The molecule has 242 valence electrons. The van der Waals surface area contributed by atoms with Gasteiger partial charge in [-0.25, -0.2) is 12.8 Å². The van der Waals surface area contributed by atoms with Gasteiger partial charge in [0.25, 0.3) is 10.0 Å². The maximum absolute atomic E-state index is 14.5. The van der Waals surface area contributed by atoms with E-state index in [0.717, 1.165) is 15.4 Å². The summed E-state index contributed by atoms with van der Waals surface area (Å²) in [5, 5.41) is 3.00. The van der Waals surface area contributed by atoms with Crippen molar-refractivity contribution >= 4 is 27.5 Å². The average molecular weight is 646 g/mol. The van der Waals surface area contributed by atoms with Crippen LogP contribution in [0.3, 0.4) is 0 Å². The monoisotopic (exact) mass is 645 g/mol. The fraction of sp³-hybridized carbons (Fsp3) is 0.278. The highest BCUT2D eigenvalue weighted by Gasteiger charge is 2.35. The maximum Gasteiger partial charge on any atom is 0.264 e. The molecule has 0 radical (unpaired) electrons. The predicted molar refractivity (Wildman–Crippen MR) is 177 cm³/mol. The van der Waals surface area contributed by atoms with Crippen molar-refractivity contribution in [3.63, 3.8) is 0 Å². The minimum Gasteiger partial charge on any atom is -0.497 e. The summed E-state index contributed by atoms with van der Waals surface area (Å²) in [6.07, 6.45) is 0.864. The highest BCUT2D eigenvalue weighted by atomic mass is 32.2.